The van der Waals surface area contributed by atoms with Crippen LogP contribution in [0, 0.1) is 6.92 Å². The molecule has 0 heterocycles. The number of halogens is 1. The van der Waals surface area contributed by atoms with Crippen LogP contribution < -0.4 is 4.72 Å². The van der Waals surface area contributed by atoms with Crippen molar-refractivity contribution in [2.45, 2.75) is 43.0 Å². The molecule has 1 rings (SSSR count). The fourth-order valence-corrected chi connectivity index (χ4v) is 2.95. The molecule has 17 heavy (non-hydrogen) atoms. The largest absolute Gasteiger partial charge is 0.241 e. The lowest BCUT2D eigenvalue weighted by atomic mass is 10.0. The number of hydrogen-bond donors (Lipinski definition) is 1. The number of hydrogen-bond acceptors (Lipinski definition) is 2. The van der Waals surface area contributed by atoms with Crippen molar-refractivity contribution in [2.75, 3.05) is 0 Å². The van der Waals surface area contributed by atoms with E-state index in [-0.39, 0.29) is 4.83 Å². The van der Waals surface area contributed by atoms with E-state index in [1.807, 2.05) is 27.7 Å². The predicted octanol–water partition coefficient (Wildman–Crippen LogP) is 2.84. The quantitative estimate of drug-likeness (QED) is 0.867. The van der Waals surface area contributed by atoms with Crippen molar-refractivity contribution in [2.24, 2.45) is 0 Å². The first-order chi connectivity index (χ1) is 7.65. The van der Waals surface area contributed by atoms with Gasteiger partial charge >= 0.3 is 0 Å². The summed E-state index contributed by atoms with van der Waals surface area (Å²) in [5.74, 6) is 0. The normalized spacial score (nSPS) is 14.6. The zero-order valence-electron chi connectivity index (χ0n) is 10.5. The van der Waals surface area contributed by atoms with Gasteiger partial charge in [0, 0.05) is 10.4 Å². The van der Waals surface area contributed by atoms with Crippen molar-refractivity contribution < 1.29 is 8.42 Å². The number of aryl methyl sites for hydroxylation is 1. The van der Waals surface area contributed by atoms with Crippen LogP contribution in [0.4, 0.5) is 0 Å². The summed E-state index contributed by atoms with van der Waals surface area (Å²) in [6.07, 6.45) is 0. The van der Waals surface area contributed by atoms with Crippen molar-refractivity contribution in [1.82, 2.24) is 4.72 Å². The third kappa shape index (κ3) is 3.79. The van der Waals surface area contributed by atoms with E-state index < -0.39 is 15.6 Å². The first kappa shape index (κ1) is 14.7. The van der Waals surface area contributed by atoms with E-state index in [4.69, 9.17) is 0 Å². The lowest BCUT2D eigenvalue weighted by Crippen LogP contribution is -2.48. The second-order valence-electron chi connectivity index (χ2n) is 4.76. The van der Waals surface area contributed by atoms with Crippen molar-refractivity contribution in [3.05, 3.63) is 29.8 Å². The maximum Gasteiger partial charge on any atom is 0.241 e. The minimum absolute atomic E-state index is 0.0372. The van der Waals surface area contributed by atoms with E-state index in [0.29, 0.717) is 4.90 Å². The van der Waals surface area contributed by atoms with Crippen LogP contribution in [-0.4, -0.2) is 18.8 Å². The lowest BCUT2D eigenvalue weighted by Gasteiger charge is -2.28. The Labute approximate surface area is 112 Å². The molecule has 96 valence electrons. The average molecular weight is 320 g/mol. The number of sulfonamides is 1. The summed E-state index contributed by atoms with van der Waals surface area (Å²) in [7, 11) is -3.46. The van der Waals surface area contributed by atoms with Gasteiger partial charge in [0.2, 0.25) is 10.0 Å². The Hall–Kier alpha value is -0.390. The van der Waals surface area contributed by atoms with E-state index in [1.165, 1.54) is 0 Å². The van der Waals surface area contributed by atoms with Gasteiger partial charge in [-0.25, -0.2) is 13.1 Å². The van der Waals surface area contributed by atoms with Crippen LogP contribution >= 0.6 is 15.9 Å². The zero-order valence-corrected chi connectivity index (χ0v) is 12.9. The molecule has 3 nitrogen and oxygen atoms in total. The highest BCUT2D eigenvalue weighted by atomic mass is 79.9. The Morgan fingerprint density at radius 3 is 2.12 bits per heavy atom. The van der Waals surface area contributed by atoms with Crippen LogP contribution in [0.5, 0.6) is 0 Å². The molecular formula is C12H18BrNO2S. The highest BCUT2D eigenvalue weighted by Gasteiger charge is 2.29. The molecule has 0 aliphatic carbocycles. The molecule has 1 atom stereocenters. The molecule has 0 aliphatic rings. The van der Waals surface area contributed by atoms with Gasteiger partial charge in [0.15, 0.2) is 0 Å². The molecule has 5 heteroatoms. The van der Waals surface area contributed by atoms with Gasteiger partial charge in [0.05, 0.1) is 4.90 Å². The van der Waals surface area contributed by atoms with Gasteiger partial charge in [-0.2, -0.15) is 0 Å². The summed E-state index contributed by atoms with van der Waals surface area (Å²) < 4.78 is 27.0. The molecule has 0 amide bonds. The number of rotatable bonds is 4. The minimum Gasteiger partial charge on any atom is -0.207 e. The van der Waals surface area contributed by atoms with Gasteiger partial charge in [0.1, 0.15) is 0 Å². The molecule has 0 spiro atoms. The van der Waals surface area contributed by atoms with E-state index in [2.05, 4.69) is 20.7 Å². The molecule has 0 aromatic heterocycles. The third-order valence-corrected chi connectivity index (χ3v) is 5.56. The van der Waals surface area contributed by atoms with Crippen LogP contribution in [-0.2, 0) is 10.0 Å². The maximum absolute atomic E-state index is 12.1. The van der Waals surface area contributed by atoms with Gasteiger partial charge in [-0.1, -0.05) is 40.5 Å². The van der Waals surface area contributed by atoms with Crippen LogP contribution in [0.3, 0.4) is 0 Å². The summed E-state index contributed by atoms with van der Waals surface area (Å²) in [5.41, 5.74) is 0.501. The maximum atomic E-state index is 12.1. The first-order valence-electron chi connectivity index (χ1n) is 5.40. The van der Waals surface area contributed by atoms with Gasteiger partial charge in [-0.05, 0) is 32.9 Å². The Kier molecular flexibility index (Phi) is 4.38. The Bertz CT molecular complexity index is 478. The van der Waals surface area contributed by atoms with E-state index >= 15 is 0 Å². The van der Waals surface area contributed by atoms with Crippen molar-refractivity contribution in [1.29, 1.82) is 0 Å². The van der Waals surface area contributed by atoms with Crippen LogP contribution in [0.1, 0.15) is 26.3 Å². The van der Waals surface area contributed by atoms with E-state index in [0.717, 1.165) is 5.56 Å². The highest BCUT2D eigenvalue weighted by Crippen LogP contribution is 2.20. The Balaban J connectivity index is 3.01. The molecule has 1 aromatic carbocycles. The fraction of sp³-hybridized carbons (Fsp3) is 0.500. The molecule has 0 bridgehead atoms. The molecule has 0 saturated carbocycles. The SMILES string of the molecule is Cc1ccc(S(=O)(=O)NC(C)(C)C(C)Br)cc1. The van der Waals surface area contributed by atoms with Crippen molar-refractivity contribution in [3.8, 4) is 0 Å². The van der Waals surface area contributed by atoms with Crippen LogP contribution in [0.15, 0.2) is 29.2 Å². The van der Waals surface area contributed by atoms with E-state index in [9.17, 15) is 8.42 Å². The summed E-state index contributed by atoms with van der Waals surface area (Å²) in [4.78, 5) is 0.333. The summed E-state index contributed by atoms with van der Waals surface area (Å²) in [6, 6.07) is 6.82. The molecular weight excluding hydrogens is 302 g/mol. The van der Waals surface area contributed by atoms with Gasteiger partial charge in [-0.3, -0.25) is 0 Å². The summed E-state index contributed by atoms with van der Waals surface area (Å²) in [5, 5.41) is 0. The van der Waals surface area contributed by atoms with Crippen LogP contribution in [0.25, 0.3) is 0 Å². The highest BCUT2D eigenvalue weighted by molar-refractivity contribution is 9.09. The van der Waals surface area contributed by atoms with Crippen LogP contribution in [0.2, 0.25) is 0 Å². The molecule has 0 saturated heterocycles. The van der Waals surface area contributed by atoms with Gasteiger partial charge < -0.3 is 0 Å². The minimum atomic E-state index is -3.46. The molecule has 1 unspecified atom stereocenters. The Morgan fingerprint density at radius 1 is 1.24 bits per heavy atom. The average Bonchev–Trinajstić information content (AvgIpc) is 2.16. The topological polar surface area (TPSA) is 46.2 Å². The molecule has 0 fully saturated rings. The number of nitrogens with one attached hydrogen (secondary N) is 1. The fourth-order valence-electron chi connectivity index (χ4n) is 1.20. The number of benzene rings is 1. The molecule has 1 aromatic rings. The zero-order chi connectivity index (χ0) is 13.3. The second-order valence-corrected chi connectivity index (χ2v) is 7.81. The first-order valence-corrected chi connectivity index (χ1v) is 7.80. The van der Waals surface area contributed by atoms with Crippen molar-refractivity contribution >= 4 is 26.0 Å². The number of alkyl halides is 1. The Morgan fingerprint density at radius 2 is 1.71 bits per heavy atom. The monoisotopic (exact) mass is 319 g/mol. The molecule has 0 aliphatic heterocycles. The van der Waals surface area contributed by atoms with Gasteiger partial charge in [0.25, 0.3) is 0 Å². The summed E-state index contributed by atoms with van der Waals surface area (Å²) >= 11 is 3.41. The third-order valence-electron chi connectivity index (χ3n) is 2.72. The molecule has 1 N–H and O–H groups in total. The predicted molar refractivity (Wildman–Crippen MR) is 74.0 cm³/mol. The molecule has 0 radical (unpaired) electrons. The summed E-state index contributed by atoms with van der Waals surface area (Å²) in [6.45, 7) is 7.53. The second kappa shape index (κ2) is 5.08. The van der Waals surface area contributed by atoms with E-state index in [1.54, 1.807) is 24.3 Å². The van der Waals surface area contributed by atoms with Gasteiger partial charge in [-0.15, -0.1) is 0 Å². The smallest absolute Gasteiger partial charge is 0.207 e. The lowest BCUT2D eigenvalue weighted by molar-refractivity contribution is 0.454. The van der Waals surface area contributed by atoms with Crippen molar-refractivity contribution in [3.63, 3.8) is 0 Å². The standard InChI is InChI=1S/C12H18BrNO2S/c1-9-5-7-11(8-6-9)17(15,16)14-12(3,4)10(2)13/h5-8,10,14H,1-4H3.